The Morgan fingerprint density at radius 3 is 2.82 bits per heavy atom. The first-order valence-electron chi connectivity index (χ1n) is 8.62. The van der Waals surface area contributed by atoms with Gasteiger partial charge in [-0.3, -0.25) is 0 Å². The summed E-state index contributed by atoms with van der Waals surface area (Å²) in [5.41, 5.74) is 1.19. The Bertz CT molecular complexity index is 411. The van der Waals surface area contributed by atoms with Gasteiger partial charge >= 0.3 is 6.09 Å². The molecule has 1 saturated carbocycles. The van der Waals surface area contributed by atoms with Crippen LogP contribution in [0.1, 0.15) is 50.5 Å². The third-order valence-corrected chi connectivity index (χ3v) is 4.28. The second-order valence-corrected chi connectivity index (χ2v) is 6.07. The summed E-state index contributed by atoms with van der Waals surface area (Å²) in [6, 6.07) is 10.1. The van der Waals surface area contributed by atoms with Crippen molar-refractivity contribution in [1.29, 1.82) is 0 Å². The molecule has 1 fully saturated rings. The zero-order valence-electron chi connectivity index (χ0n) is 13.4. The van der Waals surface area contributed by atoms with Crippen LogP contribution in [0.15, 0.2) is 30.3 Å². The number of benzene rings is 1. The zero-order valence-corrected chi connectivity index (χ0v) is 13.4. The summed E-state index contributed by atoms with van der Waals surface area (Å²) in [5.74, 6) is 0.657. The first-order chi connectivity index (χ1) is 10.8. The second-order valence-electron chi connectivity index (χ2n) is 6.07. The molecule has 1 N–H and O–H groups in total. The highest BCUT2D eigenvalue weighted by molar-refractivity contribution is 5.67. The van der Waals surface area contributed by atoms with Crippen LogP contribution in [-0.2, 0) is 11.2 Å². The molecule has 121 valence electrons. The minimum absolute atomic E-state index is 0.290. The predicted octanol–water partition coefficient (Wildman–Crippen LogP) is 4.52. The maximum atomic E-state index is 11.7. The Morgan fingerprint density at radius 1 is 1.14 bits per heavy atom. The van der Waals surface area contributed by atoms with Gasteiger partial charge in [0.05, 0.1) is 6.61 Å². The van der Waals surface area contributed by atoms with Gasteiger partial charge in [0, 0.05) is 13.0 Å². The number of amides is 1. The van der Waals surface area contributed by atoms with E-state index in [2.05, 4.69) is 11.7 Å². The SMILES string of the molecule is O=C(NCCC1[CH]CCCCCC1)OCCc1ccccc1. The van der Waals surface area contributed by atoms with Gasteiger partial charge in [0.25, 0.3) is 0 Å². The molecule has 1 aliphatic rings. The Morgan fingerprint density at radius 2 is 1.95 bits per heavy atom. The van der Waals surface area contributed by atoms with Gasteiger partial charge < -0.3 is 10.1 Å². The number of hydrogen-bond donors (Lipinski definition) is 1. The lowest BCUT2D eigenvalue weighted by Gasteiger charge is -2.19. The largest absolute Gasteiger partial charge is 0.449 e. The monoisotopic (exact) mass is 302 g/mol. The van der Waals surface area contributed by atoms with Gasteiger partial charge in [-0.25, -0.2) is 4.79 Å². The lowest BCUT2D eigenvalue weighted by atomic mass is 9.89. The summed E-state index contributed by atoms with van der Waals surface area (Å²) < 4.78 is 5.22. The highest BCUT2D eigenvalue weighted by Crippen LogP contribution is 2.23. The van der Waals surface area contributed by atoms with Gasteiger partial charge in [0.2, 0.25) is 0 Å². The molecule has 0 aromatic heterocycles. The van der Waals surface area contributed by atoms with E-state index in [9.17, 15) is 4.79 Å². The molecule has 0 heterocycles. The molecule has 0 spiro atoms. The van der Waals surface area contributed by atoms with Crippen LogP contribution in [0.4, 0.5) is 4.79 Å². The van der Waals surface area contributed by atoms with Gasteiger partial charge in [-0.15, -0.1) is 0 Å². The van der Waals surface area contributed by atoms with Crippen LogP contribution in [0.2, 0.25) is 0 Å². The quantitative estimate of drug-likeness (QED) is 0.839. The van der Waals surface area contributed by atoms with E-state index in [1.807, 2.05) is 30.3 Å². The molecule has 1 aliphatic carbocycles. The summed E-state index contributed by atoms with van der Waals surface area (Å²) >= 11 is 0. The summed E-state index contributed by atoms with van der Waals surface area (Å²) in [4.78, 5) is 11.7. The van der Waals surface area contributed by atoms with Crippen LogP contribution < -0.4 is 5.32 Å². The van der Waals surface area contributed by atoms with Crippen LogP contribution in [0.25, 0.3) is 0 Å². The van der Waals surface area contributed by atoms with Gasteiger partial charge in [-0.1, -0.05) is 62.4 Å². The molecule has 3 nitrogen and oxygen atoms in total. The van der Waals surface area contributed by atoms with Crippen LogP contribution in [0, 0.1) is 12.3 Å². The molecule has 1 aromatic rings. The van der Waals surface area contributed by atoms with Crippen LogP contribution in [0.3, 0.4) is 0 Å². The van der Waals surface area contributed by atoms with E-state index < -0.39 is 0 Å². The van der Waals surface area contributed by atoms with Gasteiger partial charge in [0.15, 0.2) is 0 Å². The molecule has 1 atom stereocenters. The summed E-state index contributed by atoms with van der Waals surface area (Å²) in [5, 5.41) is 2.87. The van der Waals surface area contributed by atoms with E-state index in [0.29, 0.717) is 19.1 Å². The molecule has 0 aliphatic heterocycles. The average molecular weight is 302 g/mol. The fraction of sp³-hybridized carbons (Fsp3) is 0.579. The molecule has 1 aromatic carbocycles. The minimum atomic E-state index is -0.290. The third-order valence-electron chi connectivity index (χ3n) is 4.28. The van der Waals surface area contributed by atoms with Gasteiger partial charge in [0.1, 0.15) is 0 Å². The van der Waals surface area contributed by atoms with E-state index >= 15 is 0 Å². The average Bonchev–Trinajstić information content (AvgIpc) is 2.50. The maximum absolute atomic E-state index is 11.7. The van der Waals surface area contributed by atoms with Crippen molar-refractivity contribution >= 4 is 6.09 Å². The smallest absolute Gasteiger partial charge is 0.407 e. The molecule has 0 bridgehead atoms. The van der Waals surface area contributed by atoms with Crippen molar-refractivity contribution in [2.45, 2.75) is 51.4 Å². The van der Waals surface area contributed by atoms with E-state index in [0.717, 1.165) is 12.8 Å². The van der Waals surface area contributed by atoms with E-state index in [-0.39, 0.29) is 6.09 Å². The molecule has 1 amide bonds. The van der Waals surface area contributed by atoms with Gasteiger partial charge in [-0.05, 0) is 30.7 Å². The maximum Gasteiger partial charge on any atom is 0.407 e. The van der Waals surface area contributed by atoms with Crippen molar-refractivity contribution in [3.05, 3.63) is 42.3 Å². The number of nitrogens with one attached hydrogen (secondary N) is 1. The van der Waals surface area contributed by atoms with Crippen molar-refractivity contribution in [2.75, 3.05) is 13.2 Å². The normalized spacial score (nSPS) is 16.5. The molecular formula is C19H28NO2. The summed E-state index contributed by atoms with van der Waals surface area (Å²) in [6.07, 6.45) is 11.8. The van der Waals surface area contributed by atoms with Crippen molar-refractivity contribution in [3.8, 4) is 0 Å². The number of rotatable bonds is 6. The summed E-state index contributed by atoms with van der Waals surface area (Å²) in [6.45, 7) is 1.15. The number of carbonyl (C=O) groups is 1. The van der Waals surface area contributed by atoms with Crippen molar-refractivity contribution in [1.82, 2.24) is 5.32 Å². The Labute approximate surface area is 134 Å². The Hall–Kier alpha value is -1.51. The molecule has 1 unspecified atom stereocenters. The Balaban J connectivity index is 1.53. The molecule has 0 saturated heterocycles. The van der Waals surface area contributed by atoms with Crippen LogP contribution in [0.5, 0.6) is 0 Å². The highest BCUT2D eigenvalue weighted by Gasteiger charge is 2.12. The lowest BCUT2D eigenvalue weighted by molar-refractivity contribution is 0.147. The topological polar surface area (TPSA) is 38.3 Å². The first kappa shape index (κ1) is 16.9. The molecule has 22 heavy (non-hydrogen) atoms. The first-order valence-corrected chi connectivity index (χ1v) is 8.62. The number of ether oxygens (including phenoxy) is 1. The third kappa shape index (κ3) is 6.97. The fourth-order valence-electron chi connectivity index (χ4n) is 2.95. The Kier molecular flexibility index (Phi) is 7.86. The fourth-order valence-corrected chi connectivity index (χ4v) is 2.95. The van der Waals surface area contributed by atoms with Crippen molar-refractivity contribution < 1.29 is 9.53 Å². The number of hydrogen-bond acceptors (Lipinski definition) is 2. The van der Waals surface area contributed by atoms with Crippen molar-refractivity contribution in [3.63, 3.8) is 0 Å². The minimum Gasteiger partial charge on any atom is -0.449 e. The van der Waals surface area contributed by atoms with E-state index in [1.54, 1.807) is 0 Å². The van der Waals surface area contributed by atoms with Gasteiger partial charge in [-0.2, -0.15) is 0 Å². The molecular weight excluding hydrogens is 274 g/mol. The number of carbonyl (C=O) groups excluding carboxylic acids is 1. The molecule has 3 heteroatoms. The molecule has 1 radical (unpaired) electrons. The summed E-state index contributed by atoms with van der Waals surface area (Å²) in [7, 11) is 0. The van der Waals surface area contributed by atoms with Crippen LogP contribution >= 0.6 is 0 Å². The predicted molar refractivity (Wildman–Crippen MR) is 89.6 cm³/mol. The number of alkyl carbamates (subject to hydrolysis) is 1. The standard InChI is InChI=1S/C19H28NO2/c21-19(22-16-14-18-11-7-4-8-12-18)20-15-13-17-9-5-2-1-3-6-10-17/h4,7-9,11-12,17H,1-3,5-6,10,13-16H2,(H,20,21). The van der Waals surface area contributed by atoms with E-state index in [4.69, 9.17) is 4.74 Å². The second kappa shape index (κ2) is 10.3. The highest BCUT2D eigenvalue weighted by atomic mass is 16.5. The van der Waals surface area contributed by atoms with E-state index in [1.165, 1.54) is 44.1 Å². The van der Waals surface area contributed by atoms with Crippen molar-refractivity contribution in [2.24, 2.45) is 5.92 Å². The lowest BCUT2D eigenvalue weighted by Crippen LogP contribution is -2.27. The van der Waals surface area contributed by atoms with Crippen LogP contribution in [-0.4, -0.2) is 19.2 Å². The zero-order chi connectivity index (χ0) is 15.5. The molecule has 2 rings (SSSR count).